The second-order valence-corrected chi connectivity index (χ2v) is 2.62. The van der Waals surface area contributed by atoms with Crippen molar-refractivity contribution in [2.24, 2.45) is 0 Å². The summed E-state index contributed by atoms with van der Waals surface area (Å²) < 4.78 is 24.2. The number of halogens is 2. The van der Waals surface area contributed by atoms with E-state index in [-0.39, 0.29) is 13.1 Å². The van der Waals surface area contributed by atoms with Crippen LogP contribution in [0.1, 0.15) is 0 Å². The lowest BCUT2D eigenvalue weighted by Crippen LogP contribution is -2.55. The second-order valence-electron chi connectivity index (χ2n) is 2.62. The maximum Gasteiger partial charge on any atom is 0.407 e. The average Bonchev–Trinajstić information content (AvgIpc) is 2.04. The van der Waals surface area contributed by atoms with Crippen molar-refractivity contribution < 1.29 is 18.7 Å². The Morgan fingerprint density at radius 3 is 2.83 bits per heavy atom. The Bertz CT molecular complexity index is 177. The van der Waals surface area contributed by atoms with Gasteiger partial charge in [-0.25, -0.2) is 13.6 Å². The van der Waals surface area contributed by atoms with E-state index < -0.39 is 18.6 Å². The van der Waals surface area contributed by atoms with Gasteiger partial charge in [0.1, 0.15) is 0 Å². The van der Waals surface area contributed by atoms with Crippen LogP contribution < -0.4 is 5.32 Å². The number of hydrogen-bond donors (Lipinski definition) is 2. The van der Waals surface area contributed by atoms with Gasteiger partial charge in [-0.2, -0.15) is 0 Å². The van der Waals surface area contributed by atoms with Crippen molar-refractivity contribution in [1.29, 1.82) is 0 Å². The number of nitrogens with zero attached hydrogens (tertiary/aromatic N) is 1. The first kappa shape index (κ1) is 9.18. The summed E-state index contributed by atoms with van der Waals surface area (Å²) in [4.78, 5) is 11.4. The molecule has 1 heterocycles. The number of carbonyl (C=O) groups is 1. The van der Waals surface area contributed by atoms with E-state index in [0.717, 1.165) is 4.90 Å². The number of hydrogen-bond acceptors (Lipinski definition) is 2. The third-order valence-corrected chi connectivity index (χ3v) is 1.78. The van der Waals surface area contributed by atoms with E-state index in [4.69, 9.17) is 5.11 Å². The molecule has 6 heteroatoms. The van der Waals surface area contributed by atoms with Gasteiger partial charge in [-0.05, 0) is 0 Å². The minimum Gasteiger partial charge on any atom is -0.465 e. The zero-order valence-corrected chi connectivity index (χ0v) is 6.33. The summed E-state index contributed by atoms with van der Waals surface area (Å²) >= 11 is 0. The van der Waals surface area contributed by atoms with Crippen LogP contribution in [0.3, 0.4) is 0 Å². The van der Waals surface area contributed by atoms with Gasteiger partial charge in [0, 0.05) is 19.6 Å². The van der Waals surface area contributed by atoms with E-state index in [2.05, 4.69) is 5.32 Å². The van der Waals surface area contributed by atoms with E-state index in [1.54, 1.807) is 0 Å². The molecule has 0 aliphatic carbocycles. The molecule has 1 aliphatic rings. The molecule has 0 unspecified atom stereocenters. The van der Waals surface area contributed by atoms with Crippen LogP contribution in [0.25, 0.3) is 0 Å². The Balaban J connectivity index is 2.46. The fraction of sp³-hybridized carbons (Fsp3) is 0.833. The summed E-state index contributed by atoms with van der Waals surface area (Å²) in [5.41, 5.74) is 0. The maximum atomic E-state index is 12.1. The number of rotatable bonds is 1. The highest BCUT2D eigenvalue weighted by molar-refractivity contribution is 5.65. The Morgan fingerprint density at radius 1 is 1.67 bits per heavy atom. The van der Waals surface area contributed by atoms with Crippen LogP contribution >= 0.6 is 0 Å². The number of piperazine rings is 1. The first-order chi connectivity index (χ1) is 5.61. The van der Waals surface area contributed by atoms with Gasteiger partial charge in [0.05, 0.1) is 6.04 Å². The summed E-state index contributed by atoms with van der Waals surface area (Å²) in [6.45, 7) is 0.437. The molecule has 12 heavy (non-hydrogen) atoms. The molecule has 1 rings (SSSR count). The maximum absolute atomic E-state index is 12.1. The zero-order chi connectivity index (χ0) is 9.14. The smallest absolute Gasteiger partial charge is 0.407 e. The third kappa shape index (κ3) is 2.04. The van der Waals surface area contributed by atoms with Crippen LogP contribution in [0.5, 0.6) is 0 Å². The Labute approximate surface area is 68.2 Å². The molecule has 0 aromatic heterocycles. The molecule has 0 aromatic carbocycles. The zero-order valence-electron chi connectivity index (χ0n) is 6.33. The topological polar surface area (TPSA) is 52.6 Å². The largest absolute Gasteiger partial charge is 0.465 e. The molecular formula is C6H10F2N2O2. The van der Waals surface area contributed by atoms with Crippen LogP contribution in [0, 0.1) is 0 Å². The lowest BCUT2D eigenvalue weighted by atomic mass is 10.2. The monoisotopic (exact) mass is 180 g/mol. The highest BCUT2D eigenvalue weighted by Crippen LogP contribution is 2.07. The van der Waals surface area contributed by atoms with Gasteiger partial charge in [-0.15, -0.1) is 0 Å². The van der Waals surface area contributed by atoms with Crippen molar-refractivity contribution in [3.63, 3.8) is 0 Å². The quantitative estimate of drug-likeness (QED) is 0.606. The Hall–Kier alpha value is -0.910. The minimum absolute atomic E-state index is 0.132. The molecule has 0 spiro atoms. The van der Waals surface area contributed by atoms with Crippen LogP contribution in [0.15, 0.2) is 0 Å². The first-order valence-electron chi connectivity index (χ1n) is 3.60. The SMILES string of the molecule is O=C(O)N1CCN[C@@H](C(F)F)C1. The fourth-order valence-corrected chi connectivity index (χ4v) is 1.12. The first-order valence-corrected chi connectivity index (χ1v) is 3.60. The summed E-state index contributed by atoms with van der Waals surface area (Å²) in [6, 6.07) is -1.02. The minimum atomic E-state index is -2.51. The summed E-state index contributed by atoms with van der Waals surface area (Å²) in [5.74, 6) is 0. The molecule has 1 aliphatic heterocycles. The van der Waals surface area contributed by atoms with E-state index in [9.17, 15) is 13.6 Å². The van der Waals surface area contributed by atoms with Crippen molar-refractivity contribution in [2.45, 2.75) is 12.5 Å². The van der Waals surface area contributed by atoms with Crippen LogP contribution in [-0.4, -0.2) is 48.2 Å². The molecule has 0 aromatic rings. The van der Waals surface area contributed by atoms with Gasteiger partial charge in [-0.1, -0.05) is 0 Å². The van der Waals surface area contributed by atoms with Crippen molar-refractivity contribution in [3.8, 4) is 0 Å². The molecule has 70 valence electrons. The summed E-state index contributed by atoms with van der Waals surface area (Å²) in [7, 11) is 0. The van der Waals surface area contributed by atoms with Gasteiger partial charge in [0.15, 0.2) is 0 Å². The molecule has 2 N–H and O–H groups in total. The molecule has 1 saturated heterocycles. The summed E-state index contributed by atoms with van der Waals surface area (Å²) in [5, 5.41) is 11.0. The van der Waals surface area contributed by atoms with Gasteiger partial charge >= 0.3 is 6.09 Å². The number of amides is 1. The number of carboxylic acid groups (broad SMARTS) is 1. The molecule has 4 nitrogen and oxygen atoms in total. The predicted molar refractivity (Wildman–Crippen MR) is 37.4 cm³/mol. The Kier molecular flexibility index (Phi) is 2.80. The Morgan fingerprint density at radius 2 is 2.33 bits per heavy atom. The fourth-order valence-electron chi connectivity index (χ4n) is 1.12. The van der Waals surface area contributed by atoms with Gasteiger partial charge in [-0.3, -0.25) is 0 Å². The molecular weight excluding hydrogens is 170 g/mol. The third-order valence-electron chi connectivity index (χ3n) is 1.78. The molecule has 1 amide bonds. The van der Waals surface area contributed by atoms with E-state index in [1.807, 2.05) is 0 Å². The molecule has 0 radical (unpaired) electrons. The van der Waals surface area contributed by atoms with Crippen molar-refractivity contribution >= 4 is 6.09 Å². The molecule has 1 fully saturated rings. The molecule has 0 bridgehead atoms. The van der Waals surface area contributed by atoms with E-state index in [0.29, 0.717) is 6.54 Å². The lowest BCUT2D eigenvalue weighted by Gasteiger charge is -2.31. The second kappa shape index (κ2) is 3.66. The van der Waals surface area contributed by atoms with Gasteiger partial charge < -0.3 is 15.3 Å². The average molecular weight is 180 g/mol. The van der Waals surface area contributed by atoms with Crippen LogP contribution in [0.4, 0.5) is 13.6 Å². The predicted octanol–water partition coefficient (Wildman–Crippen LogP) is 0.203. The van der Waals surface area contributed by atoms with E-state index in [1.165, 1.54) is 0 Å². The summed E-state index contributed by atoms with van der Waals surface area (Å²) in [6.07, 6.45) is -3.64. The molecule has 0 saturated carbocycles. The van der Waals surface area contributed by atoms with E-state index >= 15 is 0 Å². The highest BCUT2D eigenvalue weighted by Gasteiger charge is 2.28. The van der Waals surface area contributed by atoms with Crippen LogP contribution in [-0.2, 0) is 0 Å². The van der Waals surface area contributed by atoms with Crippen molar-refractivity contribution in [3.05, 3.63) is 0 Å². The standard InChI is InChI=1S/C6H10F2N2O2/c7-5(8)4-3-10(6(11)12)2-1-9-4/h4-5,9H,1-3H2,(H,11,12)/t4-/m1/s1. The lowest BCUT2D eigenvalue weighted by molar-refractivity contribution is 0.0563. The van der Waals surface area contributed by atoms with Crippen LogP contribution in [0.2, 0.25) is 0 Å². The van der Waals surface area contributed by atoms with Gasteiger partial charge in [0.25, 0.3) is 6.43 Å². The van der Waals surface area contributed by atoms with Gasteiger partial charge in [0.2, 0.25) is 0 Å². The molecule has 1 atom stereocenters. The van der Waals surface area contributed by atoms with Crippen molar-refractivity contribution in [2.75, 3.05) is 19.6 Å². The highest BCUT2D eigenvalue weighted by atomic mass is 19.3. The normalized spacial score (nSPS) is 24.6. The van der Waals surface area contributed by atoms with Crippen molar-refractivity contribution in [1.82, 2.24) is 10.2 Å². The number of alkyl halides is 2. The number of nitrogens with one attached hydrogen (secondary N) is 1.